The molecule has 2 heterocycles. The molecule has 0 radical (unpaired) electrons. The van der Waals surface area contributed by atoms with Crippen LogP contribution in [-0.4, -0.2) is 20.7 Å². The number of anilines is 1. The Morgan fingerprint density at radius 3 is 2.86 bits per heavy atom. The number of carbonyl (C=O) groups excluding carboxylic acids is 1. The maximum Gasteiger partial charge on any atom is 0.284 e. The minimum atomic E-state index is -0.341. The molecule has 0 aliphatic carbocycles. The van der Waals surface area contributed by atoms with Gasteiger partial charge in [-0.15, -0.1) is 0 Å². The predicted octanol–water partition coefficient (Wildman–Crippen LogP) is 0.450. The molecule has 0 fully saturated rings. The van der Waals surface area contributed by atoms with Crippen molar-refractivity contribution in [3.63, 3.8) is 0 Å². The van der Waals surface area contributed by atoms with Gasteiger partial charge in [0.05, 0.1) is 11.8 Å². The van der Waals surface area contributed by atoms with Gasteiger partial charge >= 0.3 is 0 Å². The summed E-state index contributed by atoms with van der Waals surface area (Å²) in [5, 5.41) is 3.70. The van der Waals surface area contributed by atoms with Crippen LogP contribution in [0.4, 0.5) is 5.95 Å². The smallest absolute Gasteiger partial charge is 0.284 e. The number of aromatic nitrogens is 3. The highest BCUT2D eigenvalue weighted by molar-refractivity contribution is 5.97. The van der Waals surface area contributed by atoms with Crippen molar-refractivity contribution in [2.75, 3.05) is 5.73 Å². The molecule has 2 aromatic heterocycles. The van der Waals surface area contributed by atoms with E-state index in [0.29, 0.717) is 5.56 Å². The van der Waals surface area contributed by atoms with E-state index in [2.05, 4.69) is 10.1 Å². The second-order valence-electron chi connectivity index (χ2n) is 2.80. The topological polar surface area (TPSA) is 86.9 Å². The summed E-state index contributed by atoms with van der Waals surface area (Å²) in [4.78, 5) is 15.4. The third-order valence-corrected chi connectivity index (χ3v) is 1.85. The SMILES string of the molecule is Cc1cocc1C(=O)n1ncnc1N. The van der Waals surface area contributed by atoms with Crippen LogP contribution in [0.15, 0.2) is 23.3 Å². The van der Waals surface area contributed by atoms with Crippen LogP contribution in [0.5, 0.6) is 0 Å². The van der Waals surface area contributed by atoms with Gasteiger partial charge in [-0.1, -0.05) is 0 Å². The van der Waals surface area contributed by atoms with Crippen molar-refractivity contribution in [2.45, 2.75) is 6.92 Å². The highest BCUT2D eigenvalue weighted by Gasteiger charge is 2.16. The van der Waals surface area contributed by atoms with Crippen LogP contribution in [0, 0.1) is 6.92 Å². The summed E-state index contributed by atoms with van der Waals surface area (Å²) < 4.78 is 5.91. The Balaban J connectivity index is 2.44. The van der Waals surface area contributed by atoms with Gasteiger partial charge in [0.2, 0.25) is 5.95 Å². The largest absolute Gasteiger partial charge is 0.471 e. The summed E-state index contributed by atoms with van der Waals surface area (Å²) in [7, 11) is 0. The first-order valence-corrected chi connectivity index (χ1v) is 3.93. The van der Waals surface area contributed by atoms with E-state index in [1.807, 2.05) is 0 Å². The molecule has 2 aromatic rings. The molecule has 0 saturated carbocycles. The Kier molecular flexibility index (Phi) is 1.81. The molecule has 0 atom stereocenters. The molecular formula is C8H8N4O2. The first-order chi connectivity index (χ1) is 6.70. The quantitative estimate of drug-likeness (QED) is 0.708. The molecule has 6 nitrogen and oxygen atoms in total. The highest BCUT2D eigenvalue weighted by Crippen LogP contribution is 2.11. The van der Waals surface area contributed by atoms with Crippen LogP contribution >= 0.6 is 0 Å². The average Bonchev–Trinajstić information content (AvgIpc) is 2.73. The summed E-state index contributed by atoms with van der Waals surface area (Å²) in [6, 6.07) is 0. The lowest BCUT2D eigenvalue weighted by Crippen LogP contribution is -2.16. The van der Waals surface area contributed by atoms with Gasteiger partial charge in [0, 0.05) is 5.56 Å². The van der Waals surface area contributed by atoms with Crippen molar-refractivity contribution in [3.8, 4) is 0 Å². The highest BCUT2D eigenvalue weighted by atomic mass is 16.3. The fraction of sp³-hybridized carbons (Fsp3) is 0.125. The molecule has 0 amide bonds. The first kappa shape index (κ1) is 8.49. The number of nitrogens with two attached hydrogens (primary N) is 1. The lowest BCUT2D eigenvalue weighted by Gasteiger charge is -1.98. The van der Waals surface area contributed by atoms with E-state index >= 15 is 0 Å². The number of hydrogen-bond acceptors (Lipinski definition) is 5. The number of furan rings is 1. The van der Waals surface area contributed by atoms with E-state index in [0.717, 1.165) is 10.2 Å². The van der Waals surface area contributed by atoms with Gasteiger partial charge in [-0.3, -0.25) is 4.79 Å². The van der Waals surface area contributed by atoms with Gasteiger partial charge < -0.3 is 10.2 Å². The average molecular weight is 192 g/mol. The molecule has 0 bridgehead atoms. The molecule has 0 spiro atoms. The van der Waals surface area contributed by atoms with Gasteiger partial charge in [-0.05, 0) is 6.92 Å². The van der Waals surface area contributed by atoms with Crippen LogP contribution < -0.4 is 5.73 Å². The molecule has 72 valence electrons. The van der Waals surface area contributed by atoms with Crippen molar-refractivity contribution >= 4 is 11.9 Å². The predicted molar refractivity (Wildman–Crippen MR) is 47.6 cm³/mol. The van der Waals surface area contributed by atoms with Crippen LogP contribution in [-0.2, 0) is 0 Å². The Morgan fingerprint density at radius 1 is 1.57 bits per heavy atom. The van der Waals surface area contributed by atoms with Gasteiger partial charge in [-0.25, -0.2) is 0 Å². The number of nitrogens with zero attached hydrogens (tertiary/aromatic N) is 3. The molecule has 2 rings (SSSR count). The summed E-state index contributed by atoms with van der Waals surface area (Å²) in [6.45, 7) is 1.77. The van der Waals surface area contributed by atoms with Gasteiger partial charge in [-0.2, -0.15) is 14.8 Å². The first-order valence-electron chi connectivity index (χ1n) is 3.93. The summed E-state index contributed by atoms with van der Waals surface area (Å²) >= 11 is 0. The zero-order valence-corrected chi connectivity index (χ0v) is 7.47. The lowest BCUT2D eigenvalue weighted by atomic mass is 10.2. The third-order valence-electron chi connectivity index (χ3n) is 1.85. The van der Waals surface area contributed by atoms with Crippen LogP contribution in [0.3, 0.4) is 0 Å². The molecule has 2 N–H and O–H groups in total. The molecule has 0 saturated heterocycles. The van der Waals surface area contributed by atoms with Crippen molar-refractivity contribution in [2.24, 2.45) is 0 Å². The molecule has 6 heteroatoms. The zero-order chi connectivity index (χ0) is 10.1. The molecule has 0 unspecified atom stereocenters. The minimum absolute atomic E-state index is 0.0654. The number of nitrogen functional groups attached to an aromatic ring is 1. The summed E-state index contributed by atoms with van der Waals surface area (Å²) in [5.41, 5.74) is 6.61. The molecule has 14 heavy (non-hydrogen) atoms. The normalized spacial score (nSPS) is 10.4. The van der Waals surface area contributed by atoms with Crippen molar-refractivity contribution in [1.82, 2.24) is 14.8 Å². The van der Waals surface area contributed by atoms with E-state index in [9.17, 15) is 4.79 Å². The van der Waals surface area contributed by atoms with E-state index in [4.69, 9.17) is 10.2 Å². The van der Waals surface area contributed by atoms with Crippen molar-refractivity contribution in [3.05, 3.63) is 30.0 Å². The van der Waals surface area contributed by atoms with Gasteiger partial charge in [0.15, 0.2) is 0 Å². The fourth-order valence-corrected chi connectivity index (χ4v) is 1.10. The summed E-state index contributed by atoms with van der Waals surface area (Å²) in [6.07, 6.45) is 4.07. The van der Waals surface area contributed by atoms with Crippen LogP contribution in [0.1, 0.15) is 15.9 Å². The van der Waals surface area contributed by atoms with E-state index in [1.54, 1.807) is 6.92 Å². The van der Waals surface area contributed by atoms with Gasteiger partial charge in [0.25, 0.3) is 5.91 Å². The van der Waals surface area contributed by atoms with Crippen LogP contribution in [0.2, 0.25) is 0 Å². The molecule has 0 aromatic carbocycles. The number of hydrogen-bond donors (Lipinski definition) is 1. The summed E-state index contributed by atoms with van der Waals surface area (Å²) in [5.74, 6) is -0.276. The zero-order valence-electron chi connectivity index (χ0n) is 7.47. The Morgan fingerprint density at radius 2 is 2.36 bits per heavy atom. The van der Waals surface area contributed by atoms with Gasteiger partial charge in [0.1, 0.15) is 12.6 Å². The fourth-order valence-electron chi connectivity index (χ4n) is 1.10. The lowest BCUT2D eigenvalue weighted by molar-refractivity contribution is 0.0946. The van der Waals surface area contributed by atoms with Crippen molar-refractivity contribution in [1.29, 1.82) is 0 Å². The maximum absolute atomic E-state index is 11.7. The third kappa shape index (κ3) is 1.17. The molecule has 0 aliphatic rings. The monoisotopic (exact) mass is 192 g/mol. The molecular weight excluding hydrogens is 184 g/mol. The number of carbonyl (C=O) groups is 1. The minimum Gasteiger partial charge on any atom is -0.471 e. The second kappa shape index (κ2) is 2.99. The Bertz CT molecular complexity index is 429. The van der Waals surface area contributed by atoms with E-state index in [1.165, 1.54) is 18.9 Å². The Labute approximate surface area is 79.3 Å². The number of rotatable bonds is 1. The van der Waals surface area contributed by atoms with E-state index in [-0.39, 0.29) is 11.9 Å². The number of aryl methyl sites for hydroxylation is 1. The maximum atomic E-state index is 11.7. The second-order valence-corrected chi connectivity index (χ2v) is 2.80. The van der Waals surface area contributed by atoms with Crippen LogP contribution in [0.25, 0.3) is 0 Å². The molecule has 0 aliphatic heterocycles. The Hall–Kier alpha value is -2.11. The van der Waals surface area contributed by atoms with Crippen molar-refractivity contribution < 1.29 is 9.21 Å². The van der Waals surface area contributed by atoms with E-state index < -0.39 is 0 Å². The standard InChI is InChI=1S/C8H8N4O2/c1-5-2-14-3-6(5)7(13)12-8(9)10-4-11-12/h2-4H,1H3,(H2,9,10,11).